The molecule has 1 N–H and O–H groups in total. The van der Waals surface area contributed by atoms with Crippen molar-refractivity contribution in [2.45, 2.75) is 47.0 Å². The van der Waals surface area contributed by atoms with Crippen LogP contribution in [0.5, 0.6) is 5.88 Å². The first-order chi connectivity index (χ1) is 17.4. The molecule has 0 bridgehead atoms. The average Bonchev–Trinajstić information content (AvgIpc) is 3.31. The average molecular weight is 504 g/mol. The maximum Gasteiger partial charge on any atom is 0.410 e. The number of benzene rings is 1. The lowest BCUT2D eigenvalue weighted by atomic mass is 10.1. The van der Waals surface area contributed by atoms with Crippen molar-refractivity contribution in [1.29, 1.82) is 0 Å². The minimum atomic E-state index is -0.973. The number of aromatic nitrogens is 1. The van der Waals surface area contributed by atoms with Crippen molar-refractivity contribution < 1.29 is 23.0 Å². The summed E-state index contributed by atoms with van der Waals surface area (Å²) in [5.74, 6) is -2.09. The van der Waals surface area contributed by atoms with Crippen LogP contribution in [0.25, 0.3) is 0 Å². The van der Waals surface area contributed by atoms with Gasteiger partial charge in [-0.05, 0) is 49.8 Å². The van der Waals surface area contributed by atoms with Crippen LogP contribution in [0, 0.1) is 25.5 Å². The third kappa shape index (κ3) is 6.61. The summed E-state index contributed by atoms with van der Waals surface area (Å²) in [4.78, 5) is 19.0. The monoisotopic (exact) mass is 503 g/mol. The summed E-state index contributed by atoms with van der Waals surface area (Å²) >= 11 is 0. The highest BCUT2D eigenvalue weighted by Crippen LogP contribution is 2.33. The number of nitrogens with one attached hydrogen (secondary N) is 1. The summed E-state index contributed by atoms with van der Waals surface area (Å²) in [6, 6.07) is 5.78. The number of aryl methyl sites for hydroxylation is 2. The Balaban J connectivity index is 0.00000176. The van der Waals surface area contributed by atoms with Crippen LogP contribution in [-0.2, 0) is 4.74 Å². The molecule has 2 fully saturated rings. The van der Waals surface area contributed by atoms with Gasteiger partial charge in [-0.2, -0.15) is 14.5 Å². The highest BCUT2D eigenvalue weighted by molar-refractivity contribution is 5.80. The van der Waals surface area contributed by atoms with Gasteiger partial charge in [0, 0.05) is 13.1 Å². The number of ether oxygens (including phenoxy) is 2. The molecule has 196 valence electrons. The molecule has 8 nitrogen and oxygen atoms in total. The second kappa shape index (κ2) is 13.0. The summed E-state index contributed by atoms with van der Waals surface area (Å²) in [7, 11) is 0. The first-order valence-corrected chi connectivity index (χ1v) is 12.5. The van der Waals surface area contributed by atoms with Gasteiger partial charge in [0.1, 0.15) is 18.9 Å². The van der Waals surface area contributed by atoms with Gasteiger partial charge < -0.3 is 19.3 Å². The van der Waals surface area contributed by atoms with Crippen LogP contribution >= 0.6 is 0 Å². The molecule has 1 amide bonds. The maximum atomic E-state index is 15.4. The Kier molecular flexibility index (Phi) is 9.84. The van der Waals surface area contributed by atoms with E-state index >= 15 is 8.78 Å². The standard InChI is InChI=1S/C24H29F2N5O3.C2H6/c1-16-6-7-18(14-17(16)2)15-27-29-21-19(25)22(30-8-4-3-5-9-30)28-23(20(21)26)33-12-10-31-11-13-34-24(31)32;1-2/h6-7,14-15H,3-5,8-13H2,1-2H3,(H,28,29);1-2H3/b27-15+;. The number of nitrogens with zero attached hydrogens (tertiary/aromatic N) is 4. The summed E-state index contributed by atoms with van der Waals surface area (Å²) in [6.07, 6.45) is 3.93. The van der Waals surface area contributed by atoms with Crippen molar-refractivity contribution in [1.82, 2.24) is 9.88 Å². The molecule has 4 rings (SSSR count). The quantitative estimate of drug-likeness (QED) is 0.391. The third-order valence-electron chi connectivity index (χ3n) is 6.05. The third-order valence-corrected chi connectivity index (χ3v) is 6.05. The Morgan fingerprint density at radius 1 is 1.11 bits per heavy atom. The molecule has 0 radical (unpaired) electrons. The van der Waals surface area contributed by atoms with Gasteiger partial charge in [0.25, 0.3) is 5.88 Å². The Morgan fingerprint density at radius 3 is 2.53 bits per heavy atom. The summed E-state index contributed by atoms with van der Waals surface area (Å²) in [6.45, 7) is 10.2. The molecule has 0 aliphatic carbocycles. The van der Waals surface area contributed by atoms with Crippen LogP contribution in [0.3, 0.4) is 0 Å². The molecule has 3 heterocycles. The van der Waals surface area contributed by atoms with Crippen molar-refractivity contribution in [3.05, 3.63) is 46.5 Å². The summed E-state index contributed by atoms with van der Waals surface area (Å²) < 4.78 is 41.0. The Bertz CT molecular complexity index is 1070. The topological polar surface area (TPSA) is 79.3 Å². The van der Waals surface area contributed by atoms with Crippen molar-refractivity contribution in [2.24, 2.45) is 5.10 Å². The largest absolute Gasteiger partial charge is 0.474 e. The lowest BCUT2D eigenvalue weighted by molar-refractivity contribution is 0.152. The molecule has 0 atom stereocenters. The molecule has 1 aromatic heterocycles. The zero-order valence-electron chi connectivity index (χ0n) is 21.4. The molecular formula is C26H35F2N5O3. The smallest absolute Gasteiger partial charge is 0.410 e. The number of pyridine rings is 1. The van der Waals surface area contributed by atoms with Crippen molar-refractivity contribution in [3.63, 3.8) is 0 Å². The van der Waals surface area contributed by atoms with E-state index in [2.05, 4.69) is 15.5 Å². The lowest BCUT2D eigenvalue weighted by Gasteiger charge is -2.29. The number of hydrogen-bond acceptors (Lipinski definition) is 7. The van der Waals surface area contributed by atoms with Gasteiger partial charge in [-0.15, -0.1) is 0 Å². The fourth-order valence-electron chi connectivity index (χ4n) is 3.92. The van der Waals surface area contributed by atoms with Gasteiger partial charge in [0.15, 0.2) is 11.6 Å². The highest BCUT2D eigenvalue weighted by Gasteiger charge is 2.27. The van der Waals surface area contributed by atoms with Crippen LogP contribution in [0.4, 0.5) is 25.1 Å². The molecular weight excluding hydrogens is 468 g/mol. The normalized spacial score (nSPS) is 15.6. The maximum absolute atomic E-state index is 15.4. The SMILES string of the molecule is CC.Cc1ccc(/C=N/Nc2c(F)c(OCCN3CCOC3=O)nc(N3CCCCC3)c2F)cc1C. The van der Waals surface area contributed by atoms with Gasteiger partial charge in [-0.3, -0.25) is 5.43 Å². The Hall–Kier alpha value is -3.43. The Labute approximate surface area is 211 Å². The van der Waals surface area contributed by atoms with Crippen molar-refractivity contribution >= 4 is 23.8 Å². The van der Waals surface area contributed by atoms with Gasteiger partial charge in [-0.25, -0.2) is 9.18 Å². The number of rotatable bonds is 8. The molecule has 2 aliphatic heterocycles. The van der Waals surface area contributed by atoms with Gasteiger partial charge in [0.2, 0.25) is 5.82 Å². The van der Waals surface area contributed by atoms with E-state index < -0.39 is 23.4 Å². The summed E-state index contributed by atoms with van der Waals surface area (Å²) in [5, 5.41) is 4.06. The molecule has 2 saturated heterocycles. The van der Waals surface area contributed by atoms with Crippen LogP contribution in [0.2, 0.25) is 0 Å². The minimum Gasteiger partial charge on any atom is -0.474 e. The van der Waals surface area contributed by atoms with Crippen LogP contribution in [0.15, 0.2) is 23.3 Å². The van der Waals surface area contributed by atoms with Crippen LogP contribution in [0.1, 0.15) is 49.8 Å². The van der Waals surface area contributed by atoms with E-state index in [0.717, 1.165) is 36.0 Å². The van der Waals surface area contributed by atoms with E-state index in [-0.39, 0.29) is 24.8 Å². The van der Waals surface area contributed by atoms with E-state index in [0.29, 0.717) is 26.2 Å². The lowest BCUT2D eigenvalue weighted by Crippen LogP contribution is -2.32. The fraction of sp³-hybridized carbons (Fsp3) is 0.500. The number of carbonyl (C=O) groups is 1. The fourth-order valence-corrected chi connectivity index (χ4v) is 3.92. The van der Waals surface area contributed by atoms with Crippen LogP contribution < -0.4 is 15.1 Å². The number of cyclic esters (lactones) is 1. The zero-order valence-corrected chi connectivity index (χ0v) is 21.4. The van der Waals surface area contributed by atoms with E-state index in [4.69, 9.17) is 9.47 Å². The van der Waals surface area contributed by atoms with Gasteiger partial charge in [-0.1, -0.05) is 32.0 Å². The number of carbonyl (C=O) groups excluding carboxylic acids is 1. The second-order valence-corrected chi connectivity index (χ2v) is 8.45. The predicted octanol–water partition coefficient (Wildman–Crippen LogP) is 5.27. The first-order valence-electron chi connectivity index (χ1n) is 12.5. The number of hydrazone groups is 1. The molecule has 0 unspecified atom stereocenters. The summed E-state index contributed by atoms with van der Waals surface area (Å²) in [5.41, 5.74) is 5.12. The number of halogens is 2. The molecule has 0 spiro atoms. The Morgan fingerprint density at radius 2 is 1.86 bits per heavy atom. The highest BCUT2D eigenvalue weighted by atomic mass is 19.1. The molecule has 1 aromatic carbocycles. The first kappa shape index (κ1) is 27.2. The van der Waals surface area contributed by atoms with Crippen molar-refractivity contribution in [2.75, 3.05) is 49.7 Å². The molecule has 0 saturated carbocycles. The predicted molar refractivity (Wildman–Crippen MR) is 137 cm³/mol. The molecule has 2 aliphatic rings. The number of amides is 1. The van der Waals surface area contributed by atoms with Gasteiger partial charge in [0.05, 0.1) is 19.3 Å². The van der Waals surface area contributed by atoms with E-state index in [1.165, 1.54) is 11.1 Å². The number of hydrogen-bond donors (Lipinski definition) is 1. The minimum absolute atomic E-state index is 0.00452. The molecule has 36 heavy (non-hydrogen) atoms. The van der Waals surface area contributed by atoms with E-state index in [1.54, 1.807) is 4.90 Å². The number of anilines is 2. The zero-order chi connectivity index (χ0) is 26.1. The van der Waals surface area contributed by atoms with E-state index in [1.807, 2.05) is 45.9 Å². The molecule has 10 heteroatoms. The number of piperidine rings is 1. The van der Waals surface area contributed by atoms with Gasteiger partial charge >= 0.3 is 6.09 Å². The van der Waals surface area contributed by atoms with Crippen molar-refractivity contribution in [3.8, 4) is 5.88 Å². The van der Waals surface area contributed by atoms with E-state index in [9.17, 15) is 4.79 Å². The second-order valence-electron chi connectivity index (χ2n) is 8.45. The van der Waals surface area contributed by atoms with Crippen LogP contribution in [-0.4, -0.2) is 61.6 Å². The molecule has 2 aromatic rings.